The molecule has 0 aromatic carbocycles. The van der Waals surface area contributed by atoms with Crippen molar-refractivity contribution in [2.24, 2.45) is 0 Å². The van der Waals surface area contributed by atoms with E-state index in [1.165, 1.54) is 18.5 Å². The molecule has 1 aromatic rings. The fourth-order valence-electron chi connectivity index (χ4n) is 0.342. The standard InChI is InChI=1S/C5H4FN.CHO2.Zn/c6-5-2-1-3-7-4-5;2-1-3;/h1-4H;(H,2,3);/q;-1;. The average molecular weight is 207 g/mol. The number of rotatable bonds is 0. The van der Waals surface area contributed by atoms with E-state index in [0.717, 1.165) is 0 Å². The van der Waals surface area contributed by atoms with Gasteiger partial charge in [-0.3, -0.25) is 4.98 Å². The van der Waals surface area contributed by atoms with Crippen LogP contribution in [-0.4, -0.2) is 16.6 Å². The van der Waals surface area contributed by atoms with Crippen LogP contribution in [0.2, 0.25) is 0 Å². The van der Waals surface area contributed by atoms with Crippen LogP contribution in [-0.2, 0) is 24.3 Å². The van der Waals surface area contributed by atoms with E-state index in [1.54, 1.807) is 6.07 Å². The van der Waals surface area contributed by atoms with Gasteiger partial charge in [-0.1, -0.05) is 6.47 Å². The molecule has 0 radical (unpaired) electrons. The van der Waals surface area contributed by atoms with E-state index in [1.807, 2.05) is 0 Å². The minimum atomic E-state index is -0.289. The molecule has 0 amide bonds. The Labute approximate surface area is 76.0 Å². The molecule has 0 aliphatic carbocycles. The molecule has 1 N–H and O–H groups in total. The summed E-state index contributed by atoms with van der Waals surface area (Å²) in [5.74, 6) is -0.289. The second-order valence-corrected chi connectivity index (χ2v) is 1.26. The third kappa shape index (κ3) is 9.17. The Kier molecular flexibility index (Phi) is 10.7. The van der Waals surface area contributed by atoms with Crippen molar-refractivity contribution in [2.75, 3.05) is 0 Å². The molecule has 0 fully saturated rings. The Morgan fingerprint density at radius 2 is 2.18 bits per heavy atom. The maximum Gasteiger partial charge on any atom is 0.141 e. The zero-order chi connectivity index (χ0) is 7.82. The predicted molar refractivity (Wildman–Crippen MR) is 32.5 cm³/mol. The van der Waals surface area contributed by atoms with E-state index in [4.69, 9.17) is 9.90 Å². The zero-order valence-corrected chi connectivity index (χ0v) is 8.66. The summed E-state index contributed by atoms with van der Waals surface area (Å²) in [6, 6.07) is 2.91. The monoisotopic (exact) mass is 206 g/mol. The predicted octanol–water partition coefficient (Wildman–Crippen LogP) is 0.830. The summed E-state index contributed by atoms with van der Waals surface area (Å²) in [7, 11) is 0. The van der Waals surface area contributed by atoms with Gasteiger partial charge in [0.05, 0.1) is 6.20 Å². The summed E-state index contributed by atoms with van der Waals surface area (Å²) in [6.45, 7) is 0.500. The van der Waals surface area contributed by atoms with Gasteiger partial charge in [-0.2, -0.15) is 0 Å². The zero-order valence-electron chi connectivity index (χ0n) is 5.70. The van der Waals surface area contributed by atoms with Gasteiger partial charge in [-0.25, -0.2) is 4.39 Å². The van der Waals surface area contributed by atoms with Crippen molar-refractivity contribution in [3.63, 3.8) is 0 Å². The second kappa shape index (κ2) is 9.17. The molecule has 0 atom stereocenters. The summed E-state index contributed by atoms with van der Waals surface area (Å²) in [6.07, 6.45) is 2.70. The Morgan fingerprint density at radius 3 is 2.36 bits per heavy atom. The Hall–Kier alpha value is -0.827. The third-order valence-corrected chi connectivity index (χ3v) is 0.625. The van der Waals surface area contributed by atoms with Gasteiger partial charge in [-0.15, -0.1) is 0 Å². The number of aromatic nitrogens is 1. The first-order valence-electron chi connectivity index (χ1n) is 2.38. The molecule has 0 bridgehead atoms. The van der Waals surface area contributed by atoms with Crippen molar-refractivity contribution in [3.05, 3.63) is 30.3 Å². The van der Waals surface area contributed by atoms with Crippen LogP contribution < -0.4 is 0 Å². The van der Waals surface area contributed by atoms with E-state index >= 15 is 0 Å². The first-order chi connectivity index (χ1) is 4.81. The minimum absolute atomic E-state index is 0. The van der Waals surface area contributed by atoms with Crippen molar-refractivity contribution in [1.82, 2.24) is 4.98 Å². The molecule has 11 heavy (non-hydrogen) atoms. The fourth-order valence-corrected chi connectivity index (χ4v) is 0.342. The van der Waals surface area contributed by atoms with E-state index in [-0.39, 0.29) is 25.3 Å². The van der Waals surface area contributed by atoms with Gasteiger partial charge in [-0.05, 0) is 12.1 Å². The number of aliphatic hydroxyl groups excluding tert-OH is 1. The molecular formula is C6H5FNO2Zn-. The van der Waals surface area contributed by atoms with E-state index in [2.05, 4.69) is 4.98 Å². The van der Waals surface area contributed by atoms with Crippen LogP contribution >= 0.6 is 0 Å². The van der Waals surface area contributed by atoms with Crippen LogP contribution in [0.5, 0.6) is 0 Å². The normalized spacial score (nSPS) is 6.64. The van der Waals surface area contributed by atoms with Gasteiger partial charge in [0, 0.05) is 25.7 Å². The summed E-state index contributed by atoms with van der Waals surface area (Å²) < 4.78 is 11.8. The van der Waals surface area contributed by atoms with Crippen molar-refractivity contribution in [2.45, 2.75) is 0 Å². The fraction of sp³-hybridized carbons (Fsp3) is 0. The molecule has 0 aliphatic heterocycles. The molecule has 3 nitrogen and oxygen atoms in total. The van der Waals surface area contributed by atoms with Crippen LogP contribution in [0.4, 0.5) is 4.39 Å². The van der Waals surface area contributed by atoms with Crippen molar-refractivity contribution in [1.29, 1.82) is 0 Å². The number of nitrogens with zero attached hydrogens (tertiary/aromatic N) is 1. The summed E-state index contributed by atoms with van der Waals surface area (Å²) >= 11 is 0. The quantitative estimate of drug-likeness (QED) is 0.506. The van der Waals surface area contributed by atoms with Crippen molar-refractivity contribution in [3.8, 4) is 0 Å². The average Bonchev–Trinajstić information content (AvgIpc) is 1.91. The van der Waals surface area contributed by atoms with E-state index in [9.17, 15) is 4.39 Å². The number of halogens is 1. The topological polar surface area (TPSA) is 50.2 Å². The maximum absolute atomic E-state index is 11.8. The van der Waals surface area contributed by atoms with E-state index < -0.39 is 0 Å². The van der Waals surface area contributed by atoms with Crippen LogP contribution in [0.3, 0.4) is 0 Å². The molecule has 5 heteroatoms. The molecule has 0 saturated heterocycles. The van der Waals surface area contributed by atoms with Gasteiger partial charge in [0.2, 0.25) is 0 Å². The van der Waals surface area contributed by atoms with Crippen LogP contribution in [0.15, 0.2) is 24.5 Å². The minimum Gasteiger partial charge on any atom is -0.665 e. The maximum atomic E-state index is 11.8. The summed E-state index contributed by atoms with van der Waals surface area (Å²) in [5.41, 5.74) is 0. The van der Waals surface area contributed by atoms with E-state index in [0.29, 0.717) is 6.47 Å². The van der Waals surface area contributed by atoms with Gasteiger partial charge < -0.3 is 9.90 Å². The number of pyridine rings is 1. The Bertz CT molecular complexity index is 183. The molecule has 0 unspecified atom stereocenters. The molecule has 1 aromatic heterocycles. The van der Waals surface area contributed by atoms with Gasteiger partial charge in [0.15, 0.2) is 0 Å². The van der Waals surface area contributed by atoms with Crippen LogP contribution in [0, 0.1) is 5.82 Å². The van der Waals surface area contributed by atoms with Gasteiger partial charge in [0.1, 0.15) is 5.82 Å². The van der Waals surface area contributed by atoms with Gasteiger partial charge in [0.25, 0.3) is 0 Å². The molecule has 0 spiro atoms. The van der Waals surface area contributed by atoms with Crippen LogP contribution in [0.25, 0.3) is 0 Å². The molecule has 56 valence electrons. The van der Waals surface area contributed by atoms with Crippen molar-refractivity contribution >= 4 is 6.47 Å². The Balaban J connectivity index is 0. The SMILES string of the molecule is Fc1cccnc1.O=[C-]O.[Zn]. The molecule has 1 rings (SSSR count). The second-order valence-electron chi connectivity index (χ2n) is 1.26. The first-order valence-corrected chi connectivity index (χ1v) is 2.38. The summed E-state index contributed by atoms with van der Waals surface area (Å²) in [4.78, 5) is 11.7. The molecule has 0 aliphatic rings. The number of hydrogen-bond acceptors (Lipinski definition) is 2. The smallest absolute Gasteiger partial charge is 0.141 e. The molecular weight excluding hydrogens is 202 g/mol. The Morgan fingerprint density at radius 1 is 1.64 bits per heavy atom. The van der Waals surface area contributed by atoms with Gasteiger partial charge >= 0.3 is 0 Å². The molecule has 0 saturated carbocycles. The number of hydrogen-bond donors (Lipinski definition) is 1. The largest absolute Gasteiger partial charge is 0.665 e. The van der Waals surface area contributed by atoms with Crippen molar-refractivity contribution < 1.29 is 33.8 Å². The third-order valence-electron chi connectivity index (χ3n) is 0.625. The summed E-state index contributed by atoms with van der Waals surface area (Å²) in [5, 5.41) is 6.76. The first kappa shape index (κ1) is 12.8. The van der Waals surface area contributed by atoms with Crippen LogP contribution in [0.1, 0.15) is 0 Å². The molecule has 1 heterocycles.